The Hall–Kier alpha value is -2.74. The van der Waals surface area contributed by atoms with Gasteiger partial charge in [-0.2, -0.15) is 0 Å². The first-order chi connectivity index (χ1) is 13.4. The Morgan fingerprint density at radius 2 is 1.82 bits per heavy atom. The number of hydrogen-bond donors (Lipinski definition) is 5. The number of aromatic hydroxyl groups is 1. The van der Waals surface area contributed by atoms with E-state index < -0.39 is 25.9 Å². The number of hydrogen-bond acceptors (Lipinski definition) is 6. The number of aryl methyl sites for hydroxylation is 1. The van der Waals surface area contributed by atoms with E-state index in [1.807, 2.05) is 0 Å². The zero-order chi connectivity index (χ0) is 20.4. The van der Waals surface area contributed by atoms with Crippen molar-refractivity contribution < 1.29 is 25.2 Å². The van der Waals surface area contributed by atoms with Gasteiger partial charge in [-0.3, -0.25) is 9.59 Å². The Morgan fingerprint density at radius 1 is 1.11 bits per heavy atom. The van der Waals surface area contributed by atoms with Gasteiger partial charge in [0.2, 0.25) is 5.91 Å². The molecule has 5 N–H and O–H groups in total. The van der Waals surface area contributed by atoms with Gasteiger partial charge in [0.1, 0.15) is 5.75 Å². The zero-order valence-corrected chi connectivity index (χ0v) is 15.5. The summed E-state index contributed by atoms with van der Waals surface area (Å²) in [6.07, 6.45) is 0.978. The topological polar surface area (TPSA) is 127 Å². The highest BCUT2D eigenvalue weighted by atomic mass is 16.3. The summed E-state index contributed by atoms with van der Waals surface area (Å²) in [6, 6.07) is 5.71. The molecule has 1 amide bonds. The predicted octanol–water partition coefficient (Wildman–Crippen LogP) is 1.02. The molecule has 0 fully saturated rings. The molecule has 2 aromatic carbocycles. The highest BCUT2D eigenvalue weighted by Crippen LogP contribution is 2.42. The van der Waals surface area contributed by atoms with Gasteiger partial charge in [-0.05, 0) is 52.8 Å². The standard InChI is InChI=1S/C21H23NO6/c1-11(26)22-18-5-3-12-6-20(28)16(9-24)17(10-25)21(12)14-4-2-13(8-23)19(27)7-15(14)18/h2,4,6-7,18,23-25,28H,3,5,8-10H2,1H3,(H,22,26)/t18-/m0/s1. The van der Waals surface area contributed by atoms with E-state index in [0.29, 0.717) is 35.1 Å². The molecule has 0 spiro atoms. The van der Waals surface area contributed by atoms with Crippen molar-refractivity contribution in [2.45, 2.75) is 45.6 Å². The van der Waals surface area contributed by atoms with Crippen molar-refractivity contribution in [3.05, 3.63) is 62.3 Å². The zero-order valence-electron chi connectivity index (χ0n) is 15.5. The van der Waals surface area contributed by atoms with E-state index in [-0.39, 0.29) is 28.2 Å². The van der Waals surface area contributed by atoms with Gasteiger partial charge >= 0.3 is 0 Å². The molecule has 7 heteroatoms. The summed E-state index contributed by atoms with van der Waals surface area (Å²) >= 11 is 0. The fourth-order valence-electron chi connectivity index (χ4n) is 3.88. The van der Waals surface area contributed by atoms with Gasteiger partial charge in [0.25, 0.3) is 0 Å². The average molecular weight is 385 g/mol. The lowest BCUT2D eigenvalue weighted by Crippen LogP contribution is -2.26. The lowest BCUT2D eigenvalue weighted by atomic mass is 9.89. The van der Waals surface area contributed by atoms with Gasteiger partial charge in [-0.25, -0.2) is 0 Å². The number of benzene rings is 1. The summed E-state index contributed by atoms with van der Waals surface area (Å²) < 4.78 is 0. The van der Waals surface area contributed by atoms with Crippen molar-refractivity contribution in [2.24, 2.45) is 0 Å². The third-order valence-corrected chi connectivity index (χ3v) is 5.18. The van der Waals surface area contributed by atoms with Crippen LogP contribution in [0.5, 0.6) is 5.75 Å². The molecule has 0 radical (unpaired) electrons. The van der Waals surface area contributed by atoms with Crippen LogP contribution in [0.1, 0.15) is 47.2 Å². The quantitative estimate of drug-likeness (QED) is 0.535. The molecular formula is C21H23NO6. The van der Waals surface area contributed by atoms with Crippen LogP contribution in [0.4, 0.5) is 0 Å². The van der Waals surface area contributed by atoms with Crippen LogP contribution in [-0.4, -0.2) is 26.3 Å². The number of aliphatic hydroxyl groups excluding tert-OH is 3. The average Bonchev–Trinajstić information content (AvgIpc) is 2.89. The number of rotatable bonds is 4. The van der Waals surface area contributed by atoms with E-state index in [2.05, 4.69) is 5.32 Å². The number of amides is 1. The van der Waals surface area contributed by atoms with Crippen LogP contribution < -0.4 is 10.7 Å². The summed E-state index contributed by atoms with van der Waals surface area (Å²) in [5.41, 5.74) is 3.03. The molecular weight excluding hydrogens is 362 g/mol. The Morgan fingerprint density at radius 3 is 2.43 bits per heavy atom. The highest BCUT2D eigenvalue weighted by molar-refractivity contribution is 5.79. The molecule has 28 heavy (non-hydrogen) atoms. The van der Waals surface area contributed by atoms with Crippen LogP contribution in [-0.2, 0) is 31.0 Å². The second kappa shape index (κ2) is 8.10. The molecule has 1 aliphatic carbocycles. The smallest absolute Gasteiger partial charge is 0.217 e. The summed E-state index contributed by atoms with van der Waals surface area (Å²) in [5.74, 6) is -0.352. The molecule has 0 saturated heterocycles. The Bertz CT molecular complexity index is 985. The van der Waals surface area contributed by atoms with Crippen LogP contribution in [0.15, 0.2) is 29.1 Å². The van der Waals surface area contributed by atoms with Crippen molar-refractivity contribution in [3.8, 4) is 16.9 Å². The van der Waals surface area contributed by atoms with E-state index in [1.165, 1.54) is 19.1 Å². The summed E-state index contributed by atoms with van der Waals surface area (Å²) in [7, 11) is 0. The van der Waals surface area contributed by atoms with E-state index in [9.17, 15) is 30.0 Å². The summed E-state index contributed by atoms with van der Waals surface area (Å²) in [5, 5.41) is 42.3. The van der Waals surface area contributed by atoms with E-state index in [4.69, 9.17) is 0 Å². The first-order valence-corrected chi connectivity index (χ1v) is 9.05. The Labute approximate surface area is 161 Å². The maximum Gasteiger partial charge on any atom is 0.217 e. The fourth-order valence-corrected chi connectivity index (χ4v) is 3.88. The molecule has 0 unspecified atom stereocenters. The number of fused-ring (bicyclic) bond motifs is 3. The largest absolute Gasteiger partial charge is 0.508 e. The van der Waals surface area contributed by atoms with Crippen molar-refractivity contribution in [3.63, 3.8) is 0 Å². The monoisotopic (exact) mass is 385 g/mol. The minimum Gasteiger partial charge on any atom is -0.508 e. The minimum absolute atomic E-state index is 0.106. The van der Waals surface area contributed by atoms with Gasteiger partial charge in [0.05, 0.1) is 25.9 Å². The van der Waals surface area contributed by atoms with E-state index in [1.54, 1.807) is 12.1 Å². The molecule has 148 valence electrons. The molecule has 2 aromatic rings. The molecule has 0 heterocycles. The van der Waals surface area contributed by atoms with Crippen molar-refractivity contribution in [1.82, 2.24) is 5.32 Å². The van der Waals surface area contributed by atoms with Crippen LogP contribution >= 0.6 is 0 Å². The molecule has 0 saturated carbocycles. The predicted molar refractivity (Wildman–Crippen MR) is 102 cm³/mol. The molecule has 1 aliphatic rings. The molecule has 0 bridgehead atoms. The van der Waals surface area contributed by atoms with Crippen LogP contribution in [0.2, 0.25) is 0 Å². The maximum atomic E-state index is 12.5. The van der Waals surface area contributed by atoms with Crippen molar-refractivity contribution in [1.29, 1.82) is 0 Å². The minimum atomic E-state index is -0.451. The third-order valence-electron chi connectivity index (χ3n) is 5.18. The fraction of sp³-hybridized carbons (Fsp3) is 0.333. The first-order valence-electron chi connectivity index (χ1n) is 9.05. The van der Waals surface area contributed by atoms with Crippen LogP contribution in [0, 0.1) is 0 Å². The first kappa shape index (κ1) is 20.0. The Kier molecular flexibility index (Phi) is 5.79. The normalized spacial score (nSPS) is 15.4. The number of carbonyl (C=O) groups is 1. The van der Waals surface area contributed by atoms with E-state index in [0.717, 1.165) is 5.56 Å². The summed E-state index contributed by atoms with van der Waals surface area (Å²) in [6.45, 7) is 0.112. The summed E-state index contributed by atoms with van der Waals surface area (Å²) in [4.78, 5) is 24.2. The van der Waals surface area contributed by atoms with Gasteiger partial charge in [0.15, 0.2) is 5.43 Å². The molecule has 3 rings (SSSR count). The third kappa shape index (κ3) is 3.52. The molecule has 7 nitrogen and oxygen atoms in total. The Balaban J connectivity index is 2.41. The second-order valence-electron chi connectivity index (χ2n) is 6.89. The lowest BCUT2D eigenvalue weighted by molar-refractivity contribution is -0.119. The maximum absolute atomic E-state index is 12.5. The van der Waals surface area contributed by atoms with Crippen LogP contribution in [0.3, 0.4) is 0 Å². The molecule has 0 aliphatic heterocycles. The lowest BCUT2D eigenvalue weighted by Gasteiger charge is -2.19. The van der Waals surface area contributed by atoms with Crippen molar-refractivity contribution in [2.75, 3.05) is 0 Å². The highest BCUT2D eigenvalue weighted by Gasteiger charge is 2.27. The SMILES string of the molecule is CC(=O)N[C@H]1CCc2cc(O)c(CO)c(CO)c2-c2ccc(CO)c(=O)cc21. The van der Waals surface area contributed by atoms with Crippen LogP contribution in [0.25, 0.3) is 11.1 Å². The molecule has 1 atom stereocenters. The number of aliphatic hydroxyl groups is 3. The van der Waals surface area contributed by atoms with Gasteiger partial charge in [-0.1, -0.05) is 12.1 Å². The van der Waals surface area contributed by atoms with Gasteiger partial charge in [-0.15, -0.1) is 0 Å². The number of nitrogens with one attached hydrogen (secondary N) is 1. The second-order valence-corrected chi connectivity index (χ2v) is 6.89. The van der Waals surface area contributed by atoms with Crippen molar-refractivity contribution >= 4 is 5.91 Å². The van der Waals surface area contributed by atoms with Gasteiger partial charge < -0.3 is 25.7 Å². The van der Waals surface area contributed by atoms with Gasteiger partial charge in [0, 0.05) is 18.1 Å². The van der Waals surface area contributed by atoms with E-state index >= 15 is 0 Å². The molecule has 0 aromatic heterocycles. The number of carbonyl (C=O) groups excluding carboxylic acids is 1. The number of phenols is 1.